The van der Waals surface area contributed by atoms with Crippen molar-refractivity contribution >= 4 is 23.3 Å². The highest BCUT2D eigenvalue weighted by atomic mass is 16.5. The molecule has 0 atom stereocenters. The molecule has 1 aromatic carbocycles. The average Bonchev–Trinajstić information content (AvgIpc) is 3.04. The van der Waals surface area contributed by atoms with Gasteiger partial charge in [0.1, 0.15) is 5.75 Å². The molecule has 140 valence electrons. The Bertz CT molecular complexity index is 1120. The maximum atomic E-state index is 12.3. The lowest BCUT2D eigenvalue weighted by Gasteiger charge is -2.05. The van der Waals surface area contributed by atoms with Gasteiger partial charge in [-0.05, 0) is 36.8 Å². The summed E-state index contributed by atoms with van der Waals surface area (Å²) in [4.78, 5) is 30.8. The number of hydrogen-bond acceptors (Lipinski definition) is 6. The number of allylic oxidation sites excluding steroid dienone is 2. The second-order valence-electron chi connectivity index (χ2n) is 5.75. The zero-order chi connectivity index (χ0) is 19.4. The summed E-state index contributed by atoms with van der Waals surface area (Å²) in [7, 11) is 3.16. The predicted octanol–water partition coefficient (Wildman–Crippen LogP) is 1.45. The largest absolute Gasteiger partial charge is 0.497 e. The maximum absolute atomic E-state index is 12.3. The van der Waals surface area contributed by atoms with Crippen LogP contribution >= 0.6 is 0 Å². The minimum absolute atomic E-state index is 0.287. The van der Waals surface area contributed by atoms with Gasteiger partial charge >= 0.3 is 5.69 Å². The molecule has 0 amide bonds. The molecule has 2 N–H and O–H groups in total. The van der Waals surface area contributed by atoms with Crippen molar-refractivity contribution in [2.24, 2.45) is 12.1 Å². The Labute approximate surface area is 154 Å². The Hall–Kier alpha value is -3.62. The summed E-state index contributed by atoms with van der Waals surface area (Å²) in [5.74, 6) is 1.12. The van der Waals surface area contributed by atoms with Crippen molar-refractivity contribution in [1.29, 1.82) is 0 Å². The molecule has 27 heavy (non-hydrogen) atoms. The number of hydrazone groups is 1. The first-order valence-corrected chi connectivity index (χ1v) is 8.29. The fraction of sp³-hybridized carbons (Fsp3) is 0.222. The van der Waals surface area contributed by atoms with Gasteiger partial charge in [-0.25, -0.2) is 10.2 Å². The van der Waals surface area contributed by atoms with Crippen LogP contribution in [-0.2, 0) is 13.6 Å². The van der Waals surface area contributed by atoms with E-state index in [9.17, 15) is 9.59 Å². The van der Waals surface area contributed by atoms with Crippen molar-refractivity contribution in [1.82, 2.24) is 19.1 Å². The molecular weight excluding hydrogens is 348 g/mol. The van der Waals surface area contributed by atoms with E-state index in [1.54, 1.807) is 24.9 Å². The van der Waals surface area contributed by atoms with Crippen molar-refractivity contribution in [3.8, 4) is 5.75 Å². The molecule has 2 aromatic heterocycles. The van der Waals surface area contributed by atoms with Gasteiger partial charge in [-0.15, -0.1) is 0 Å². The van der Waals surface area contributed by atoms with Crippen molar-refractivity contribution in [2.45, 2.75) is 13.5 Å². The number of aromatic nitrogens is 4. The molecule has 0 saturated heterocycles. The number of hydrogen-bond donors (Lipinski definition) is 2. The van der Waals surface area contributed by atoms with Crippen LogP contribution in [0.25, 0.3) is 11.2 Å². The smallest absolute Gasteiger partial charge is 0.329 e. The number of aromatic amines is 1. The fourth-order valence-electron chi connectivity index (χ4n) is 2.56. The fourth-order valence-corrected chi connectivity index (χ4v) is 2.56. The molecule has 2 heterocycles. The number of rotatable bonds is 6. The molecule has 0 aliphatic carbocycles. The van der Waals surface area contributed by atoms with Crippen LogP contribution in [0.1, 0.15) is 12.5 Å². The number of nitrogens with one attached hydrogen (secondary N) is 2. The molecule has 9 nitrogen and oxygen atoms in total. The van der Waals surface area contributed by atoms with Crippen LogP contribution in [0.2, 0.25) is 0 Å². The second-order valence-corrected chi connectivity index (χ2v) is 5.75. The highest BCUT2D eigenvalue weighted by Crippen LogP contribution is 2.15. The summed E-state index contributed by atoms with van der Waals surface area (Å²) >= 11 is 0. The highest BCUT2D eigenvalue weighted by molar-refractivity contribution is 5.80. The molecule has 3 aromatic rings. The lowest BCUT2D eigenvalue weighted by molar-refractivity contribution is 0.415. The standard InChI is InChI=1S/C18H20N6O3/c1-4-5-10-24-14-15(23(2)18(26)21-16(14)25)20-17(24)22-19-11-12-6-8-13(27-3)9-7-12/h4-9,11H,10H2,1-3H3,(H,20,22)(H,21,25,26). The van der Waals surface area contributed by atoms with E-state index in [-0.39, 0.29) is 5.65 Å². The summed E-state index contributed by atoms with van der Waals surface area (Å²) < 4.78 is 8.08. The molecule has 0 aliphatic heterocycles. The molecule has 0 unspecified atom stereocenters. The number of benzene rings is 1. The first-order chi connectivity index (χ1) is 13.0. The summed E-state index contributed by atoms with van der Waals surface area (Å²) in [6.45, 7) is 2.29. The molecule has 0 aliphatic rings. The van der Waals surface area contributed by atoms with Gasteiger partial charge in [0.2, 0.25) is 5.95 Å². The number of aryl methyl sites for hydroxylation is 1. The zero-order valence-corrected chi connectivity index (χ0v) is 15.3. The Morgan fingerprint density at radius 2 is 2.04 bits per heavy atom. The number of imidazole rings is 1. The summed E-state index contributed by atoms with van der Waals surface area (Å²) in [6.07, 6.45) is 5.37. The van der Waals surface area contributed by atoms with Crippen LogP contribution in [0.15, 0.2) is 51.1 Å². The van der Waals surface area contributed by atoms with E-state index in [2.05, 4.69) is 20.5 Å². The van der Waals surface area contributed by atoms with Gasteiger partial charge in [0.15, 0.2) is 11.2 Å². The monoisotopic (exact) mass is 368 g/mol. The topological polar surface area (TPSA) is 106 Å². The third-order valence-corrected chi connectivity index (χ3v) is 4.02. The Balaban J connectivity index is 1.98. The Morgan fingerprint density at radius 1 is 1.30 bits per heavy atom. The van der Waals surface area contributed by atoms with Gasteiger partial charge in [0.25, 0.3) is 5.56 Å². The summed E-state index contributed by atoms with van der Waals surface area (Å²) in [5, 5.41) is 4.19. The molecule has 0 saturated carbocycles. The number of nitrogens with zero attached hydrogens (tertiary/aromatic N) is 4. The molecule has 3 rings (SSSR count). The Morgan fingerprint density at radius 3 is 2.70 bits per heavy atom. The third-order valence-electron chi connectivity index (χ3n) is 4.02. The van der Waals surface area contributed by atoms with E-state index in [1.807, 2.05) is 43.3 Å². The van der Waals surface area contributed by atoms with Gasteiger partial charge in [-0.1, -0.05) is 12.2 Å². The van der Waals surface area contributed by atoms with E-state index in [0.29, 0.717) is 18.0 Å². The molecule has 0 radical (unpaired) electrons. The lowest BCUT2D eigenvalue weighted by Crippen LogP contribution is -2.29. The molecule has 0 fully saturated rings. The van der Waals surface area contributed by atoms with Crippen LogP contribution in [0.3, 0.4) is 0 Å². The van der Waals surface area contributed by atoms with Crippen LogP contribution in [0, 0.1) is 0 Å². The molecule has 0 spiro atoms. The van der Waals surface area contributed by atoms with Gasteiger partial charge in [-0.2, -0.15) is 10.1 Å². The first kappa shape index (κ1) is 18.2. The van der Waals surface area contributed by atoms with E-state index < -0.39 is 11.2 Å². The normalized spacial score (nSPS) is 11.7. The van der Waals surface area contributed by atoms with Crippen molar-refractivity contribution in [3.63, 3.8) is 0 Å². The van der Waals surface area contributed by atoms with Gasteiger partial charge in [0.05, 0.1) is 13.3 Å². The second kappa shape index (κ2) is 7.73. The molecule has 0 bridgehead atoms. The number of methoxy groups -OCH3 is 1. The number of fused-ring (bicyclic) bond motifs is 1. The lowest BCUT2D eigenvalue weighted by atomic mass is 10.2. The zero-order valence-electron chi connectivity index (χ0n) is 15.3. The van der Waals surface area contributed by atoms with Crippen molar-refractivity contribution < 1.29 is 4.74 Å². The SMILES string of the molecule is CC=CCn1c(NN=Cc2ccc(OC)cc2)nc2c1c(=O)[nH]c(=O)n2C. The predicted molar refractivity (Wildman–Crippen MR) is 105 cm³/mol. The first-order valence-electron chi connectivity index (χ1n) is 8.29. The quantitative estimate of drug-likeness (QED) is 0.389. The summed E-state index contributed by atoms with van der Waals surface area (Å²) in [6, 6.07) is 7.39. The van der Waals surface area contributed by atoms with Crippen LogP contribution in [0.4, 0.5) is 5.95 Å². The van der Waals surface area contributed by atoms with Crippen LogP contribution in [0.5, 0.6) is 5.75 Å². The Kier molecular flexibility index (Phi) is 5.20. The van der Waals surface area contributed by atoms with E-state index >= 15 is 0 Å². The number of H-pyrrole nitrogens is 1. The minimum atomic E-state index is -0.517. The van der Waals surface area contributed by atoms with Crippen LogP contribution < -0.4 is 21.4 Å². The molecule has 9 heteroatoms. The minimum Gasteiger partial charge on any atom is -0.497 e. The van der Waals surface area contributed by atoms with Gasteiger partial charge in [0, 0.05) is 13.6 Å². The third kappa shape index (κ3) is 3.66. The number of ether oxygens (including phenoxy) is 1. The van der Waals surface area contributed by atoms with Crippen LogP contribution in [-0.4, -0.2) is 32.4 Å². The van der Waals surface area contributed by atoms with E-state index in [1.165, 1.54) is 4.57 Å². The average molecular weight is 368 g/mol. The van der Waals surface area contributed by atoms with Gasteiger partial charge in [-0.3, -0.25) is 18.9 Å². The van der Waals surface area contributed by atoms with Gasteiger partial charge < -0.3 is 4.74 Å². The van der Waals surface area contributed by atoms with E-state index in [4.69, 9.17) is 4.74 Å². The summed E-state index contributed by atoms with van der Waals surface area (Å²) in [5.41, 5.74) is 3.30. The number of anilines is 1. The van der Waals surface area contributed by atoms with Crippen molar-refractivity contribution in [2.75, 3.05) is 12.5 Å². The van der Waals surface area contributed by atoms with E-state index in [0.717, 1.165) is 11.3 Å². The van der Waals surface area contributed by atoms with Crippen molar-refractivity contribution in [3.05, 3.63) is 62.8 Å². The maximum Gasteiger partial charge on any atom is 0.329 e. The highest BCUT2D eigenvalue weighted by Gasteiger charge is 2.16. The molecular formula is C18H20N6O3.